The zero-order chi connectivity index (χ0) is 4.50. The molecule has 0 aliphatic carbocycles. The van der Waals surface area contributed by atoms with E-state index < -0.39 is 13.6 Å². The van der Waals surface area contributed by atoms with E-state index in [1.54, 1.807) is 0 Å². The van der Waals surface area contributed by atoms with Crippen LogP contribution in [0.15, 0.2) is 0 Å². The Hall–Kier alpha value is 0.892. The second kappa shape index (κ2) is 16.5. The molecule has 66 valence electrons. The van der Waals surface area contributed by atoms with Gasteiger partial charge in [-0.3, -0.25) is 0 Å². The van der Waals surface area contributed by atoms with E-state index in [1.165, 1.54) is 0 Å². The van der Waals surface area contributed by atoms with Crippen molar-refractivity contribution in [3.8, 4) is 0 Å². The van der Waals surface area contributed by atoms with E-state index in [1.807, 2.05) is 0 Å². The SMILES string of the molecule is O.O.O.O.[H-].[Na+].[O]=[Cr](=[O])([OH])[OH]. The van der Waals surface area contributed by atoms with Crippen molar-refractivity contribution in [1.82, 2.24) is 0 Å². The molecule has 0 fully saturated rings. The van der Waals surface area contributed by atoms with Crippen molar-refractivity contribution in [1.29, 1.82) is 0 Å². The minimum absolute atomic E-state index is 0. The fourth-order valence-corrected chi connectivity index (χ4v) is 0. The van der Waals surface area contributed by atoms with Crippen molar-refractivity contribution in [2.45, 2.75) is 0 Å². The molecular formula is H11CrNaO8. The molecule has 8 nitrogen and oxygen atoms in total. The van der Waals surface area contributed by atoms with Gasteiger partial charge in [-0.2, -0.15) is 0 Å². The number of hydrogen-bond donors (Lipinski definition) is 2. The first-order valence-corrected chi connectivity index (χ1v) is 2.88. The Morgan fingerprint density at radius 3 is 0.900 bits per heavy atom. The predicted octanol–water partition coefficient (Wildman–Crippen LogP) is -7.54. The van der Waals surface area contributed by atoms with Gasteiger partial charge < -0.3 is 23.3 Å². The van der Waals surface area contributed by atoms with Gasteiger partial charge in [-0.05, 0) is 0 Å². The third-order valence-corrected chi connectivity index (χ3v) is 0. The van der Waals surface area contributed by atoms with Crippen LogP contribution in [0.4, 0.5) is 0 Å². The normalized spacial score (nSPS) is 5.80. The molecule has 0 aromatic rings. The minimum atomic E-state index is -5.25. The van der Waals surface area contributed by atoms with Gasteiger partial charge >= 0.3 is 59.1 Å². The van der Waals surface area contributed by atoms with Gasteiger partial charge in [-0.1, -0.05) is 0 Å². The Labute approximate surface area is 82.3 Å². The van der Waals surface area contributed by atoms with Gasteiger partial charge in [0.05, 0.1) is 0 Å². The van der Waals surface area contributed by atoms with E-state index >= 15 is 0 Å². The first-order valence-electron chi connectivity index (χ1n) is 0.698. The van der Waals surface area contributed by atoms with Gasteiger partial charge in [0.25, 0.3) is 0 Å². The molecule has 0 aromatic heterocycles. The molecule has 10 heteroatoms. The quantitative estimate of drug-likeness (QED) is 0.377. The molecule has 0 aromatic carbocycles. The van der Waals surface area contributed by atoms with Crippen LogP contribution in [-0.2, 0) is 21.2 Å². The zero-order valence-corrected chi connectivity index (χ0v) is 8.39. The summed E-state index contributed by atoms with van der Waals surface area (Å²) in [6.45, 7) is 0. The molecule has 0 amide bonds. The van der Waals surface area contributed by atoms with Gasteiger partial charge in [-0.25, -0.2) is 0 Å². The number of rotatable bonds is 0. The Kier molecular flexibility index (Phi) is 73.3. The molecule has 0 unspecified atom stereocenters. The topological polar surface area (TPSA) is 201 Å². The first-order chi connectivity index (χ1) is 2.00. The zero-order valence-electron chi connectivity index (χ0n) is 6.12. The van der Waals surface area contributed by atoms with E-state index in [0.717, 1.165) is 0 Å². The fraction of sp³-hybridized carbons (Fsp3) is 0. The molecule has 0 spiro atoms. The molecular weight excluding hydrogens is 203 g/mol. The molecule has 0 rings (SSSR count). The molecule has 0 saturated carbocycles. The first kappa shape index (κ1) is 44.5. The van der Waals surface area contributed by atoms with Crippen molar-refractivity contribution in [3.05, 3.63) is 0 Å². The van der Waals surface area contributed by atoms with E-state index in [0.29, 0.717) is 0 Å². The standard InChI is InChI=1S/Cr.Na.6H2O.2O.H/h;;6*1H2;;;/q+2;+1;;;;;;;;;-1/p-2. The van der Waals surface area contributed by atoms with Crippen LogP contribution in [0.1, 0.15) is 1.43 Å². The van der Waals surface area contributed by atoms with Crippen LogP contribution >= 0.6 is 0 Å². The summed E-state index contributed by atoms with van der Waals surface area (Å²) in [4.78, 5) is 0. The molecule has 0 aliphatic heterocycles. The maximum atomic E-state index is 8.82. The molecule has 0 atom stereocenters. The van der Waals surface area contributed by atoms with Crippen molar-refractivity contribution in [2.24, 2.45) is 0 Å². The summed E-state index contributed by atoms with van der Waals surface area (Å²) >= 11 is -5.25. The number of hydrogen-bond acceptors (Lipinski definition) is 2. The van der Waals surface area contributed by atoms with Crippen molar-refractivity contribution < 1.29 is 82.4 Å². The molecule has 0 aliphatic rings. The third kappa shape index (κ3) is 695. The van der Waals surface area contributed by atoms with E-state index in [9.17, 15) is 0 Å². The second-order valence-electron chi connectivity index (χ2n) is 0.448. The average molecular weight is 214 g/mol. The van der Waals surface area contributed by atoms with Crippen LogP contribution in [0.25, 0.3) is 0 Å². The summed E-state index contributed by atoms with van der Waals surface area (Å²) in [5, 5.41) is 0. The van der Waals surface area contributed by atoms with Crippen molar-refractivity contribution >= 4 is 0 Å². The summed E-state index contributed by atoms with van der Waals surface area (Å²) < 4.78 is 31.9. The Bertz CT molecular complexity index is 97.3. The third-order valence-electron chi connectivity index (χ3n) is 0. The molecule has 10 heavy (non-hydrogen) atoms. The average Bonchev–Trinajstić information content (AvgIpc) is 0.722. The Morgan fingerprint density at radius 1 is 0.900 bits per heavy atom. The maximum absolute atomic E-state index is 8.82. The van der Waals surface area contributed by atoms with Gasteiger partial charge in [0.2, 0.25) is 0 Å². The van der Waals surface area contributed by atoms with E-state index in [2.05, 4.69) is 0 Å². The summed E-state index contributed by atoms with van der Waals surface area (Å²) in [6.07, 6.45) is 0. The van der Waals surface area contributed by atoms with Gasteiger partial charge in [0, 0.05) is 0 Å². The van der Waals surface area contributed by atoms with E-state index in [4.69, 9.17) is 15.9 Å². The molecule has 0 saturated heterocycles. The van der Waals surface area contributed by atoms with Crippen molar-refractivity contribution in [3.63, 3.8) is 0 Å². The molecule has 0 radical (unpaired) electrons. The Balaban J connectivity index is -0.00000000533. The molecule has 0 bridgehead atoms. The summed E-state index contributed by atoms with van der Waals surface area (Å²) in [5.41, 5.74) is 0. The molecule has 0 heterocycles. The Morgan fingerprint density at radius 2 is 0.900 bits per heavy atom. The van der Waals surface area contributed by atoms with Gasteiger partial charge in [0.15, 0.2) is 0 Å². The van der Waals surface area contributed by atoms with Crippen LogP contribution in [-0.4, -0.2) is 30.2 Å². The van der Waals surface area contributed by atoms with Crippen LogP contribution in [0, 0.1) is 0 Å². The van der Waals surface area contributed by atoms with Gasteiger partial charge in [0.1, 0.15) is 0 Å². The fourth-order valence-electron chi connectivity index (χ4n) is 0. The van der Waals surface area contributed by atoms with Crippen molar-refractivity contribution in [2.75, 3.05) is 0 Å². The van der Waals surface area contributed by atoms with E-state index in [-0.39, 0.29) is 52.9 Å². The van der Waals surface area contributed by atoms with Crippen LogP contribution in [0.5, 0.6) is 0 Å². The predicted molar refractivity (Wildman–Crippen MR) is 21.4 cm³/mol. The molecule has 10 N–H and O–H groups in total. The monoisotopic (exact) mass is 214 g/mol. The second-order valence-corrected chi connectivity index (χ2v) is 1.85. The summed E-state index contributed by atoms with van der Waals surface area (Å²) in [7, 11) is 0. The van der Waals surface area contributed by atoms with Gasteiger partial charge in [-0.15, -0.1) is 0 Å². The summed E-state index contributed by atoms with van der Waals surface area (Å²) in [5.74, 6) is 0. The van der Waals surface area contributed by atoms with Crippen LogP contribution in [0.2, 0.25) is 0 Å². The summed E-state index contributed by atoms with van der Waals surface area (Å²) in [6, 6.07) is 0. The van der Waals surface area contributed by atoms with Crippen LogP contribution in [0.3, 0.4) is 0 Å². The van der Waals surface area contributed by atoms with Crippen LogP contribution < -0.4 is 29.6 Å².